The topological polar surface area (TPSA) is 26.3 Å². The Morgan fingerprint density at radius 2 is 1.96 bits per heavy atom. The van der Waals surface area contributed by atoms with Crippen LogP contribution in [0.25, 0.3) is 0 Å². The van der Waals surface area contributed by atoms with Crippen molar-refractivity contribution in [2.75, 3.05) is 6.61 Å². The monoisotopic (exact) mass is 456 g/mol. The van der Waals surface area contributed by atoms with Gasteiger partial charge < -0.3 is 9.53 Å². The van der Waals surface area contributed by atoms with Gasteiger partial charge >= 0.3 is 0 Å². The molecule has 2 atom stereocenters. The van der Waals surface area contributed by atoms with Crippen LogP contribution in [0.2, 0.25) is 0 Å². The van der Waals surface area contributed by atoms with Gasteiger partial charge in [0.15, 0.2) is 0 Å². The summed E-state index contributed by atoms with van der Waals surface area (Å²) in [6.07, 6.45) is 17.6. The summed E-state index contributed by atoms with van der Waals surface area (Å²) in [5, 5.41) is 0. The maximum atomic E-state index is 11.5. The average Bonchev–Trinajstić information content (AvgIpc) is 2.60. The Morgan fingerprint density at radius 1 is 1.21 bits per heavy atom. The largest absolute Gasteiger partial charge is 0.494 e. The van der Waals surface area contributed by atoms with Crippen molar-refractivity contribution in [3.05, 3.63) is 44.6 Å². The number of ether oxygens (including phenoxy) is 1. The molecule has 0 aromatic rings. The van der Waals surface area contributed by atoms with Gasteiger partial charge in [-0.15, -0.1) is 0 Å². The first-order chi connectivity index (χ1) is 11.7. The summed E-state index contributed by atoms with van der Waals surface area (Å²) < 4.78 is 6.98. The van der Waals surface area contributed by atoms with Crippen LogP contribution in [0.1, 0.15) is 51.9 Å². The van der Waals surface area contributed by atoms with Crippen molar-refractivity contribution in [3.8, 4) is 0 Å². The van der Waals surface area contributed by atoms with Crippen molar-refractivity contribution in [1.82, 2.24) is 0 Å². The van der Waals surface area contributed by atoms with E-state index in [2.05, 4.69) is 50.9 Å². The smallest absolute Gasteiger partial charge is 0.127 e. The average molecular weight is 458 g/mol. The number of hydrogen-bond donors (Lipinski definition) is 0. The van der Waals surface area contributed by atoms with Crippen molar-refractivity contribution in [1.29, 1.82) is 0 Å². The van der Waals surface area contributed by atoms with Gasteiger partial charge in [-0.3, -0.25) is 0 Å². The Kier molecular flexibility index (Phi) is 8.54. The minimum atomic E-state index is -0.119. The molecule has 0 fully saturated rings. The molecule has 24 heavy (non-hydrogen) atoms. The fraction of sp³-hybridized carbons (Fsp3) is 0.550. The number of hydrogen-bond acceptors (Lipinski definition) is 2. The van der Waals surface area contributed by atoms with Crippen LogP contribution >= 0.6 is 31.9 Å². The molecule has 2 unspecified atom stereocenters. The quantitative estimate of drug-likeness (QED) is 0.288. The lowest BCUT2D eigenvalue weighted by atomic mass is 9.74. The second-order valence-electron chi connectivity index (χ2n) is 6.38. The molecule has 2 aliphatic rings. The molecule has 2 aliphatic carbocycles. The first kappa shape index (κ1) is 19.7. The van der Waals surface area contributed by atoms with E-state index < -0.39 is 0 Å². The third-order valence-electron chi connectivity index (χ3n) is 4.65. The summed E-state index contributed by atoms with van der Waals surface area (Å²) in [6, 6.07) is 0. The van der Waals surface area contributed by atoms with Crippen LogP contribution in [-0.2, 0) is 9.53 Å². The van der Waals surface area contributed by atoms with Gasteiger partial charge in [0, 0.05) is 11.8 Å². The van der Waals surface area contributed by atoms with Crippen LogP contribution in [0.4, 0.5) is 0 Å². The Balaban J connectivity index is 1.99. The normalized spacial score (nSPS) is 22.5. The summed E-state index contributed by atoms with van der Waals surface area (Å²) in [7, 11) is 0. The van der Waals surface area contributed by atoms with E-state index in [4.69, 9.17) is 4.74 Å². The van der Waals surface area contributed by atoms with Gasteiger partial charge in [-0.1, -0.05) is 57.3 Å². The van der Waals surface area contributed by atoms with Crippen LogP contribution in [0.5, 0.6) is 0 Å². The van der Waals surface area contributed by atoms with Crippen LogP contribution in [-0.4, -0.2) is 12.9 Å². The van der Waals surface area contributed by atoms with Crippen molar-refractivity contribution in [2.45, 2.75) is 51.9 Å². The van der Waals surface area contributed by atoms with E-state index in [9.17, 15) is 4.79 Å². The number of unbranched alkanes of at least 4 members (excludes halogenated alkanes) is 5. The summed E-state index contributed by atoms with van der Waals surface area (Å²) in [6.45, 7) is 2.99. The van der Waals surface area contributed by atoms with E-state index in [1.54, 1.807) is 0 Å². The number of halogens is 2. The molecular formula is C20H26Br2O2. The van der Waals surface area contributed by atoms with Gasteiger partial charge in [0.25, 0.3) is 0 Å². The Hall–Kier alpha value is -0.610. The number of allylic oxidation sites excluding steroid dienone is 6. The highest BCUT2D eigenvalue weighted by atomic mass is 79.9. The van der Waals surface area contributed by atoms with Crippen LogP contribution in [0, 0.1) is 11.8 Å². The van der Waals surface area contributed by atoms with E-state index >= 15 is 0 Å². The number of fused-ring (bicyclic) bond motifs is 1. The van der Waals surface area contributed by atoms with E-state index in [0.717, 1.165) is 40.5 Å². The SMILES string of the molecule is CCCCCCCCOC1=C2CC=CC(=C(Br)Br)C2C(C=O)C=C1. The molecular weight excluding hydrogens is 432 g/mol. The third-order valence-corrected chi connectivity index (χ3v) is 5.56. The van der Waals surface area contributed by atoms with Gasteiger partial charge in [0.1, 0.15) is 12.0 Å². The second-order valence-corrected chi connectivity index (χ2v) is 9.03. The van der Waals surface area contributed by atoms with Gasteiger partial charge in [0.05, 0.1) is 10.00 Å². The molecule has 0 aliphatic heterocycles. The summed E-state index contributed by atoms with van der Waals surface area (Å²) in [5.41, 5.74) is 2.33. The molecule has 0 saturated carbocycles. The van der Waals surface area contributed by atoms with E-state index in [1.165, 1.54) is 37.7 Å². The van der Waals surface area contributed by atoms with Gasteiger partial charge in [-0.2, -0.15) is 0 Å². The first-order valence-corrected chi connectivity index (χ1v) is 10.5. The fourth-order valence-electron chi connectivity index (χ4n) is 3.35. The Morgan fingerprint density at radius 3 is 2.67 bits per heavy atom. The van der Waals surface area contributed by atoms with Crippen LogP contribution < -0.4 is 0 Å². The standard InChI is InChI=1S/C20H26Br2O2/c1-2-3-4-5-6-7-13-24-18-12-11-15(14-23)19-16(18)9-8-10-17(19)20(21)22/h8,10-12,14-15,19H,2-7,9,13H2,1H3. The zero-order valence-corrected chi connectivity index (χ0v) is 17.4. The highest BCUT2D eigenvalue weighted by Gasteiger charge is 2.33. The Labute approximate surface area is 162 Å². The lowest BCUT2D eigenvalue weighted by Gasteiger charge is -2.32. The van der Waals surface area contributed by atoms with E-state index in [-0.39, 0.29) is 11.8 Å². The summed E-state index contributed by atoms with van der Waals surface area (Å²) >= 11 is 7.02. The molecule has 2 rings (SSSR count). The summed E-state index contributed by atoms with van der Waals surface area (Å²) in [4.78, 5) is 11.5. The van der Waals surface area contributed by atoms with Gasteiger partial charge in [-0.25, -0.2) is 0 Å². The van der Waals surface area contributed by atoms with Crippen LogP contribution in [0.3, 0.4) is 0 Å². The molecule has 0 radical (unpaired) electrons. The molecule has 4 heteroatoms. The number of carbonyl (C=O) groups excluding carboxylic acids is 1. The fourth-order valence-corrected chi connectivity index (χ4v) is 4.11. The number of rotatable bonds is 9. The molecule has 0 saturated heterocycles. The summed E-state index contributed by atoms with van der Waals surface area (Å²) in [5.74, 6) is 0.909. The highest BCUT2D eigenvalue weighted by Crippen LogP contribution is 2.43. The van der Waals surface area contributed by atoms with Crippen LogP contribution in [0.15, 0.2) is 44.6 Å². The molecule has 0 N–H and O–H groups in total. The zero-order chi connectivity index (χ0) is 17.4. The lowest BCUT2D eigenvalue weighted by molar-refractivity contribution is -0.110. The zero-order valence-electron chi connectivity index (χ0n) is 14.3. The maximum absolute atomic E-state index is 11.5. The Bertz CT molecular complexity index is 554. The van der Waals surface area contributed by atoms with Crippen molar-refractivity contribution in [3.63, 3.8) is 0 Å². The second kappa shape index (κ2) is 10.4. The van der Waals surface area contributed by atoms with E-state index in [0.29, 0.717) is 0 Å². The number of aldehydes is 1. The molecule has 132 valence electrons. The molecule has 0 amide bonds. The van der Waals surface area contributed by atoms with Gasteiger partial charge in [0.2, 0.25) is 0 Å². The predicted octanol–water partition coefficient (Wildman–Crippen LogP) is 6.58. The molecule has 0 spiro atoms. The van der Waals surface area contributed by atoms with Crippen molar-refractivity contribution < 1.29 is 9.53 Å². The molecule has 2 nitrogen and oxygen atoms in total. The predicted molar refractivity (Wildman–Crippen MR) is 107 cm³/mol. The molecule has 0 aromatic carbocycles. The minimum absolute atomic E-state index is 0.0748. The van der Waals surface area contributed by atoms with E-state index in [1.807, 2.05) is 12.2 Å². The lowest BCUT2D eigenvalue weighted by Crippen LogP contribution is -2.25. The molecule has 0 bridgehead atoms. The minimum Gasteiger partial charge on any atom is -0.494 e. The van der Waals surface area contributed by atoms with Crippen molar-refractivity contribution in [2.24, 2.45) is 11.8 Å². The number of carbonyl (C=O) groups is 1. The molecule has 0 heterocycles. The first-order valence-electron chi connectivity index (χ1n) is 8.90. The van der Waals surface area contributed by atoms with Crippen molar-refractivity contribution >= 4 is 38.1 Å². The molecule has 0 aromatic heterocycles. The maximum Gasteiger partial charge on any atom is 0.127 e. The third kappa shape index (κ3) is 5.19. The van der Waals surface area contributed by atoms with Gasteiger partial charge in [-0.05, 0) is 61.9 Å². The highest BCUT2D eigenvalue weighted by molar-refractivity contribution is 9.28.